The van der Waals surface area contributed by atoms with Crippen LogP contribution in [0.2, 0.25) is 0 Å². The second-order valence-electron chi connectivity index (χ2n) is 7.89. The molecule has 1 aliphatic heterocycles. The van der Waals surface area contributed by atoms with Gasteiger partial charge in [0.25, 0.3) is 0 Å². The van der Waals surface area contributed by atoms with Crippen molar-refractivity contribution in [2.24, 2.45) is 0 Å². The molecule has 0 saturated carbocycles. The molecule has 2 heterocycles. The Morgan fingerprint density at radius 3 is 2.41 bits per heavy atom. The number of nitrogens with one attached hydrogen (secondary N) is 1. The fourth-order valence-corrected chi connectivity index (χ4v) is 6.08. The minimum atomic E-state index is -3.50. The monoisotopic (exact) mass is 480 g/mol. The summed E-state index contributed by atoms with van der Waals surface area (Å²) in [5, 5.41) is 3.62. The first-order chi connectivity index (χ1) is 15.3. The number of anilines is 1. The fourth-order valence-electron chi connectivity index (χ4n) is 3.65. The highest BCUT2D eigenvalue weighted by Gasteiger charge is 2.25. The van der Waals surface area contributed by atoms with Gasteiger partial charge >= 0.3 is 0 Å². The van der Waals surface area contributed by atoms with Crippen molar-refractivity contribution in [1.82, 2.24) is 13.9 Å². The minimum absolute atomic E-state index is 0.172. The van der Waals surface area contributed by atoms with Crippen molar-refractivity contribution in [2.75, 3.05) is 37.9 Å². The van der Waals surface area contributed by atoms with E-state index in [9.17, 15) is 13.2 Å². The maximum Gasteiger partial charge on any atom is 0.243 e. The number of methoxy groups -OCH3 is 1. The molecule has 0 radical (unpaired) electrons. The topological polar surface area (TPSA) is 93.5 Å². The third-order valence-electron chi connectivity index (χ3n) is 5.61. The van der Waals surface area contributed by atoms with Crippen molar-refractivity contribution in [3.8, 4) is 0 Å². The summed E-state index contributed by atoms with van der Waals surface area (Å²) in [5.74, 6) is 0.0335. The summed E-state index contributed by atoms with van der Waals surface area (Å²) in [5.41, 5.74) is 2.57. The lowest BCUT2D eigenvalue weighted by molar-refractivity contribution is -0.113. The van der Waals surface area contributed by atoms with E-state index in [2.05, 4.69) is 14.9 Å². The predicted molar refractivity (Wildman–Crippen MR) is 127 cm³/mol. The zero-order chi connectivity index (χ0) is 23.1. The zero-order valence-corrected chi connectivity index (χ0v) is 20.6. The quantitative estimate of drug-likeness (QED) is 0.553. The van der Waals surface area contributed by atoms with Gasteiger partial charge in [-0.2, -0.15) is 4.31 Å². The first kappa shape index (κ1) is 24.8. The molecular formula is C22H32N4O4S2. The molecule has 1 fully saturated rings. The maximum atomic E-state index is 12.9. The number of imidazole rings is 1. The molecule has 1 N–H and O–H groups in total. The molecule has 32 heavy (non-hydrogen) atoms. The number of aryl methyl sites for hydroxylation is 1. The Bertz CT molecular complexity index is 1010. The molecular weight excluding hydrogens is 448 g/mol. The number of carbonyl (C=O) groups excluding carboxylic acids is 1. The van der Waals surface area contributed by atoms with Crippen LogP contribution in [0.1, 0.15) is 37.1 Å². The molecule has 3 rings (SSSR count). The van der Waals surface area contributed by atoms with Crippen molar-refractivity contribution >= 4 is 33.4 Å². The third-order valence-corrected chi connectivity index (χ3v) is 8.50. The molecule has 2 aromatic rings. The Kier molecular flexibility index (Phi) is 8.75. The summed E-state index contributed by atoms with van der Waals surface area (Å²) in [6.07, 6.45) is 3.93. The number of benzene rings is 1. The highest BCUT2D eigenvalue weighted by Crippen LogP contribution is 2.23. The van der Waals surface area contributed by atoms with Crippen molar-refractivity contribution in [3.05, 3.63) is 35.7 Å². The molecule has 1 amide bonds. The Hall–Kier alpha value is -1.88. The van der Waals surface area contributed by atoms with Crippen LogP contribution in [0.25, 0.3) is 0 Å². The van der Waals surface area contributed by atoms with Gasteiger partial charge in [0.1, 0.15) is 0 Å². The van der Waals surface area contributed by atoms with Crippen LogP contribution in [0.4, 0.5) is 5.69 Å². The molecule has 10 heteroatoms. The fraction of sp³-hybridized carbons (Fsp3) is 0.545. The Morgan fingerprint density at radius 2 is 1.78 bits per heavy atom. The van der Waals surface area contributed by atoms with Crippen LogP contribution in [-0.4, -0.2) is 60.7 Å². The van der Waals surface area contributed by atoms with E-state index in [4.69, 9.17) is 4.74 Å². The van der Waals surface area contributed by atoms with Gasteiger partial charge in [-0.3, -0.25) is 4.79 Å². The van der Waals surface area contributed by atoms with Crippen LogP contribution in [0.15, 0.2) is 34.3 Å². The average Bonchev–Trinajstić information content (AvgIpc) is 2.96. The smallest absolute Gasteiger partial charge is 0.243 e. The number of hydrogen-bond donors (Lipinski definition) is 1. The van der Waals surface area contributed by atoms with E-state index >= 15 is 0 Å². The van der Waals surface area contributed by atoms with Gasteiger partial charge in [0, 0.05) is 38.1 Å². The molecule has 1 aromatic carbocycles. The van der Waals surface area contributed by atoms with E-state index < -0.39 is 10.0 Å². The van der Waals surface area contributed by atoms with Gasteiger partial charge in [-0.15, -0.1) is 0 Å². The number of ether oxygens (including phenoxy) is 1. The normalized spacial score (nSPS) is 15.5. The van der Waals surface area contributed by atoms with Crippen molar-refractivity contribution in [1.29, 1.82) is 0 Å². The molecule has 176 valence electrons. The highest BCUT2D eigenvalue weighted by molar-refractivity contribution is 7.99. The van der Waals surface area contributed by atoms with E-state index in [1.54, 1.807) is 35.7 Å². The van der Waals surface area contributed by atoms with Gasteiger partial charge in [0.2, 0.25) is 15.9 Å². The van der Waals surface area contributed by atoms with Gasteiger partial charge in [-0.1, -0.05) is 24.6 Å². The molecule has 0 spiro atoms. The lowest BCUT2D eigenvalue weighted by Gasteiger charge is -2.20. The van der Waals surface area contributed by atoms with Crippen molar-refractivity contribution in [3.63, 3.8) is 0 Å². The van der Waals surface area contributed by atoms with Gasteiger partial charge in [-0.05, 0) is 51.0 Å². The summed E-state index contributed by atoms with van der Waals surface area (Å²) in [6.45, 7) is 6.34. The van der Waals surface area contributed by atoms with E-state index in [0.717, 1.165) is 42.2 Å². The molecule has 0 bridgehead atoms. The predicted octanol–water partition coefficient (Wildman–Crippen LogP) is 3.44. The number of amides is 1. The molecule has 1 saturated heterocycles. The second kappa shape index (κ2) is 11.3. The SMILES string of the molecule is COCCn1c(SCC(=O)Nc2ccc(S(=O)(=O)N3CCCCCC3)cc2)nc(C)c1C. The number of aromatic nitrogens is 2. The zero-order valence-electron chi connectivity index (χ0n) is 19.0. The highest BCUT2D eigenvalue weighted by atomic mass is 32.2. The Balaban J connectivity index is 1.59. The molecule has 1 aliphatic rings. The van der Waals surface area contributed by atoms with E-state index in [1.807, 2.05) is 13.8 Å². The Morgan fingerprint density at radius 1 is 1.12 bits per heavy atom. The molecule has 1 aromatic heterocycles. The lowest BCUT2D eigenvalue weighted by Crippen LogP contribution is -2.31. The second-order valence-corrected chi connectivity index (χ2v) is 10.8. The minimum Gasteiger partial charge on any atom is -0.383 e. The summed E-state index contributed by atoms with van der Waals surface area (Å²) in [7, 11) is -1.84. The van der Waals surface area contributed by atoms with Crippen LogP contribution in [-0.2, 0) is 26.1 Å². The molecule has 0 atom stereocenters. The summed E-state index contributed by atoms with van der Waals surface area (Å²) < 4.78 is 34.6. The molecule has 8 nitrogen and oxygen atoms in total. The number of carbonyl (C=O) groups is 1. The lowest BCUT2D eigenvalue weighted by atomic mass is 10.2. The number of thioether (sulfide) groups is 1. The molecule has 0 aliphatic carbocycles. The summed E-state index contributed by atoms with van der Waals surface area (Å²) >= 11 is 1.37. The van der Waals surface area contributed by atoms with E-state index in [0.29, 0.717) is 31.9 Å². The van der Waals surface area contributed by atoms with Crippen LogP contribution in [0.3, 0.4) is 0 Å². The van der Waals surface area contributed by atoms with E-state index in [-0.39, 0.29) is 16.6 Å². The largest absolute Gasteiger partial charge is 0.383 e. The van der Waals surface area contributed by atoms with Gasteiger partial charge in [0.15, 0.2) is 5.16 Å². The van der Waals surface area contributed by atoms with Crippen LogP contribution >= 0.6 is 11.8 Å². The number of nitrogens with zero attached hydrogens (tertiary/aromatic N) is 3. The average molecular weight is 481 g/mol. The van der Waals surface area contributed by atoms with Gasteiger partial charge in [0.05, 0.1) is 22.9 Å². The maximum absolute atomic E-state index is 12.9. The molecule has 0 unspecified atom stereocenters. The van der Waals surface area contributed by atoms with Gasteiger partial charge < -0.3 is 14.6 Å². The summed E-state index contributed by atoms with van der Waals surface area (Å²) in [6, 6.07) is 6.41. The first-order valence-electron chi connectivity index (χ1n) is 10.9. The van der Waals surface area contributed by atoms with Crippen molar-refractivity contribution in [2.45, 2.75) is 56.1 Å². The standard InChI is InChI=1S/C22H32N4O4S2/c1-17-18(2)26(14-15-30-3)22(23-17)31-16-21(27)24-19-8-10-20(11-9-19)32(28,29)25-12-6-4-5-7-13-25/h8-11H,4-7,12-16H2,1-3H3,(H,24,27). The van der Waals surface area contributed by atoms with Crippen LogP contribution in [0, 0.1) is 13.8 Å². The summed E-state index contributed by atoms with van der Waals surface area (Å²) in [4.78, 5) is 17.3. The van der Waals surface area contributed by atoms with Crippen LogP contribution < -0.4 is 5.32 Å². The third kappa shape index (κ3) is 6.12. The first-order valence-corrected chi connectivity index (χ1v) is 13.3. The van der Waals surface area contributed by atoms with Crippen LogP contribution in [0.5, 0.6) is 0 Å². The van der Waals surface area contributed by atoms with E-state index in [1.165, 1.54) is 11.8 Å². The van der Waals surface area contributed by atoms with Gasteiger partial charge in [-0.25, -0.2) is 13.4 Å². The number of rotatable bonds is 9. The number of sulfonamides is 1. The van der Waals surface area contributed by atoms with Crippen molar-refractivity contribution < 1.29 is 17.9 Å². The number of hydrogen-bond acceptors (Lipinski definition) is 6. The Labute approximate surface area is 194 Å².